The Morgan fingerprint density at radius 2 is 1.83 bits per heavy atom. The molecule has 0 aliphatic carbocycles. The second-order valence-electron chi connectivity index (χ2n) is 7.07. The van der Waals surface area contributed by atoms with E-state index in [0.717, 1.165) is 0 Å². The molecule has 35 heavy (non-hydrogen) atoms. The summed E-state index contributed by atoms with van der Waals surface area (Å²) in [5, 5.41) is 34.8. The molecule has 3 rings (SSSR count). The third-order valence-corrected chi connectivity index (χ3v) is 4.63. The van der Waals surface area contributed by atoms with Crippen LogP contribution in [0, 0.1) is 34.1 Å². The number of nitrogens with one attached hydrogen (secondary N) is 2. The molecule has 16 heteroatoms. The Bertz CT molecular complexity index is 1270. The predicted octanol–water partition coefficient (Wildman–Crippen LogP) is 0.673. The lowest BCUT2D eigenvalue weighted by molar-refractivity contribution is -0.386. The van der Waals surface area contributed by atoms with E-state index in [4.69, 9.17) is 9.26 Å². The number of para-hydroxylation sites is 2. The van der Waals surface area contributed by atoms with Gasteiger partial charge in [-0.3, -0.25) is 34.5 Å². The molecule has 0 bridgehead atoms. The van der Waals surface area contributed by atoms with E-state index in [2.05, 4.69) is 25.9 Å². The van der Waals surface area contributed by atoms with Crippen LogP contribution in [0.4, 0.5) is 11.4 Å². The van der Waals surface area contributed by atoms with E-state index in [9.17, 15) is 29.8 Å². The smallest absolute Gasteiger partial charge is 0.316 e. The van der Waals surface area contributed by atoms with Gasteiger partial charge >= 0.3 is 23.2 Å². The Kier molecular flexibility index (Phi) is 7.65. The molecular weight excluding hydrogens is 468 g/mol. The fraction of sp³-hybridized carbons (Fsp3) is 0.316. The second kappa shape index (κ2) is 10.8. The molecule has 1 aromatic carbocycles. The first-order valence-corrected chi connectivity index (χ1v) is 10.1. The van der Waals surface area contributed by atoms with Crippen molar-refractivity contribution in [3.05, 3.63) is 67.6 Å². The standard InChI is InChI=1S/C19H20N8O8/c1-11-17(27(32)33)12(2)25(23-11)9-15-22-19(35-24-15)18(29)21-8-7-20-16(28)10-34-14-6-4-3-5-13(14)26(30)31/h3-6H,7-10H2,1-2H3,(H,20,28)(H,21,29). The minimum absolute atomic E-state index is 0.0252. The Morgan fingerprint density at radius 3 is 2.51 bits per heavy atom. The zero-order valence-corrected chi connectivity index (χ0v) is 18.6. The molecule has 2 heterocycles. The van der Waals surface area contributed by atoms with Crippen LogP contribution in [0.2, 0.25) is 0 Å². The normalized spacial score (nSPS) is 10.6. The first kappa shape index (κ1) is 24.7. The number of ether oxygens (including phenoxy) is 1. The maximum Gasteiger partial charge on any atom is 0.316 e. The molecule has 2 aromatic heterocycles. The largest absolute Gasteiger partial charge is 0.477 e. The summed E-state index contributed by atoms with van der Waals surface area (Å²) in [4.78, 5) is 48.9. The maximum atomic E-state index is 12.2. The topological polar surface area (TPSA) is 210 Å². The highest BCUT2D eigenvalue weighted by Crippen LogP contribution is 2.25. The van der Waals surface area contributed by atoms with Crippen LogP contribution < -0.4 is 15.4 Å². The van der Waals surface area contributed by atoms with Crippen LogP contribution in [0.25, 0.3) is 0 Å². The third-order valence-electron chi connectivity index (χ3n) is 4.63. The summed E-state index contributed by atoms with van der Waals surface area (Å²) in [5.74, 6) is -1.51. The van der Waals surface area contributed by atoms with Crippen molar-refractivity contribution in [1.82, 2.24) is 30.6 Å². The predicted molar refractivity (Wildman–Crippen MR) is 116 cm³/mol. The van der Waals surface area contributed by atoms with Gasteiger partial charge in [-0.25, -0.2) is 0 Å². The van der Waals surface area contributed by atoms with Gasteiger partial charge in [0.25, 0.3) is 5.91 Å². The first-order chi connectivity index (χ1) is 16.7. The lowest BCUT2D eigenvalue weighted by Crippen LogP contribution is -2.36. The summed E-state index contributed by atoms with van der Waals surface area (Å²) in [5.41, 5.74) is 0.178. The van der Waals surface area contributed by atoms with Gasteiger partial charge < -0.3 is 19.9 Å². The molecule has 0 saturated heterocycles. The molecule has 0 saturated carbocycles. The highest BCUT2D eigenvalue weighted by Gasteiger charge is 2.23. The van der Waals surface area contributed by atoms with Crippen molar-refractivity contribution in [2.24, 2.45) is 0 Å². The highest BCUT2D eigenvalue weighted by molar-refractivity contribution is 5.89. The maximum absolute atomic E-state index is 12.2. The SMILES string of the molecule is Cc1nn(Cc2noc(C(=O)NCCNC(=O)COc3ccccc3[N+](=O)[O-])n2)c(C)c1[N+](=O)[O-]. The fourth-order valence-corrected chi connectivity index (χ4v) is 3.03. The molecule has 0 unspecified atom stereocenters. The zero-order valence-electron chi connectivity index (χ0n) is 18.6. The van der Waals surface area contributed by atoms with E-state index in [1.165, 1.54) is 36.7 Å². The number of amides is 2. The van der Waals surface area contributed by atoms with Gasteiger partial charge in [-0.05, 0) is 19.9 Å². The molecule has 2 N–H and O–H groups in total. The molecule has 16 nitrogen and oxygen atoms in total. The van der Waals surface area contributed by atoms with Crippen molar-refractivity contribution in [1.29, 1.82) is 0 Å². The quantitative estimate of drug-likeness (QED) is 0.217. The average molecular weight is 488 g/mol. The van der Waals surface area contributed by atoms with Gasteiger partial charge in [-0.1, -0.05) is 17.3 Å². The fourth-order valence-electron chi connectivity index (χ4n) is 3.03. The summed E-state index contributed by atoms with van der Waals surface area (Å²) in [6.07, 6.45) is 0. The molecule has 0 spiro atoms. The minimum atomic E-state index is -0.687. The van der Waals surface area contributed by atoms with Crippen LogP contribution in [0.1, 0.15) is 27.9 Å². The number of carbonyl (C=O) groups is 2. The Morgan fingerprint density at radius 1 is 1.11 bits per heavy atom. The summed E-state index contributed by atoms with van der Waals surface area (Å²) in [7, 11) is 0. The number of carbonyl (C=O) groups excluding carboxylic acids is 2. The van der Waals surface area contributed by atoms with Gasteiger partial charge in [-0.15, -0.1) is 0 Å². The zero-order chi connectivity index (χ0) is 25.5. The van der Waals surface area contributed by atoms with Crippen molar-refractivity contribution in [3.8, 4) is 5.75 Å². The van der Waals surface area contributed by atoms with Gasteiger partial charge in [0.05, 0.1) is 9.85 Å². The van der Waals surface area contributed by atoms with Crippen LogP contribution in [-0.2, 0) is 11.3 Å². The Balaban J connectivity index is 1.43. The summed E-state index contributed by atoms with van der Waals surface area (Å²) >= 11 is 0. The molecule has 0 aliphatic heterocycles. The number of nitrogens with zero attached hydrogens (tertiary/aromatic N) is 6. The van der Waals surface area contributed by atoms with Gasteiger partial charge in [0.15, 0.2) is 18.2 Å². The number of rotatable bonds is 11. The van der Waals surface area contributed by atoms with Crippen molar-refractivity contribution in [3.63, 3.8) is 0 Å². The monoisotopic (exact) mass is 488 g/mol. The van der Waals surface area contributed by atoms with Crippen molar-refractivity contribution in [2.45, 2.75) is 20.4 Å². The summed E-state index contributed by atoms with van der Waals surface area (Å²) < 4.78 is 11.4. The van der Waals surface area contributed by atoms with Crippen LogP contribution in [-0.4, -0.2) is 61.3 Å². The van der Waals surface area contributed by atoms with Crippen molar-refractivity contribution in [2.75, 3.05) is 19.7 Å². The van der Waals surface area contributed by atoms with E-state index in [1.807, 2.05) is 0 Å². The molecule has 0 fully saturated rings. The third kappa shape index (κ3) is 6.12. The first-order valence-electron chi connectivity index (χ1n) is 10.1. The van der Waals surface area contributed by atoms with E-state index in [1.54, 1.807) is 6.07 Å². The van der Waals surface area contributed by atoms with Crippen LogP contribution in [0.15, 0.2) is 28.8 Å². The molecule has 0 aliphatic rings. The number of aryl methyl sites for hydroxylation is 1. The lowest BCUT2D eigenvalue weighted by atomic mass is 10.3. The van der Waals surface area contributed by atoms with Gasteiger partial charge in [-0.2, -0.15) is 10.1 Å². The van der Waals surface area contributed by atoms with Gasteiger partial charge in [0.2, 0.25) is 0 Å². The number of nitro benzene ring substituents is 1. The number of hydrogen-bond acceptors (Lipinski definition) is 11. The van der Waals surface area contributed by atoms with Crippen LogP contribution in [0.5, 0.6) is 5.75 Å². The van der Waals surface area contributed by atoms with Gasteiger partial charge in [0, 0.05) is 19.2 Å². The minimum Gasteiger partial charge on any atom is -0.477 e. The number of aromatic nitrogens is 4. The number of benzene rings is 1. The van der Waals surface area contributed by atoms with Crippen molar-refractivity contribution < 1.29 is 28.7 Å². The Labute approximate surface area is 196 Å². The molecule has 3 aromatic rings. The molecular formula is C19H20N8O8. The highest BCUT2D eigenvalue weighted by atomic mass is 16.6. The van der Waals surface area contributed by atoms with Crippen molar-refractivity contribution >= 4 is 23.2 Å². The molecule has 184 valence electrons. The summed E-state index contributed by atoms with van der Waals surface area (Å²) in [6, 6.07) is 5.65. The van der Waals surface area contributed by atoms with E-state index < -0.39 is 28.3 Å². The lowest BCUT2D eigenvalue weighted by Gasteiger charge is -2.08. The van der Waals surface area contributed by atoms with E-state index >= 15 is 0 Å². The van der Waals surface area contributed by atoms with Crippen LogP contribution in [0.3, 0.4) is 0 Å². The molecule has 0 radical (unpaired) electrons. The van der Waals surface area contributed by atoms with E-state index in [-0.39, 0.29) is 54.2 Å². The molecule has 2 amide bonds. The number of nitro groups is 2. The summed E-state index contributed by atoms with van der Waals surface area (Å²) in [6.45, 7) is 2.63. The second-order valence-corrected chi connectivity index (χ2v) is 7.07. The average Bonchev–Trinajstić information content (AvgIpc) is 3.39. The van der Waals surface area contributed by atoms with Gasteiger partial charge in [0.1, 0.15) is 17.9 Å². The molecule has 0 atom stereocenters. The van der Waals surface area contributed by atoms with Crippen LogP contribution >= 0.6 is 0 Å². The van der Waals surface area contributed by atoms with E-state index in [0.29, 0.717) is 5.69 Å². The Hall–Kier alpha value is -4.89. The number of hydrogen-bond donors (Lipinski definition) is 2.